The van der Waals surface area contributed by atoms with Gasteiger partial charge in [0.15, 0.2) is 0 Å². The van der Waals surface area contributed by atoms with Gasteiger partial charge in [-0.3, -0.25) is 4.79 Å². The quantitative estimate of drug-likeness (QED) is 0.885. The van der Waals surface area contributed by atoms with Crippen LogP contribution >= 0.6 is 15.9 Å². The van der Waals surface area contributed by atoms with Crippen LogP contribution in [0, 0.1) is 13.8 Å². The summed E-state index contributed by atoms with van der Waals surface area (Å²) >= 11 is 3.39. The topological polar surface area (TPSA) is 42.0 Å². The van der Waals surface area contributed by atoms with Crippen LogP contribution in [0.2, 0.25) is 0 Å². The van der Waals surface area contributed by atoms with Crippen molar-refractivity contribution < 1.29 is 4.79 Å². The lowest BCUT2D eigenvalue weighted by Gasteiger charge is -2.09. The number of halogens is 1. The molecular weight excluding hydrogens is 244 g/mol. The summed E-state index contributed by atoms with van der Waals surface area (Å²) in [5, 5.41) is 2.76. The first kappa shape index (κ1) is 11.2. The van der Waals surface area contributed by atoms with Crippen molar-refractivity contribution in [2.75, 3.05) is 5.32 Å². The van der Waals surface area contributed by atoms with E-state index in [4.69, 9.17) is 0 Å². The first-order valence-corrected chi connectivity index (χ1v) is 5.27. The van der Waals surface area contributed by atoms with Gasteiger partial charge in [0, 0.05) is 17.1 Å². The molecule has 0 saturated carbocycles. The van der Waals surface area contributed by atoms with E-state index in [9.17, 15) is 4.79 Å². The maximum atomic E-state index is 11.2. The third kappa shape index (κ3) is 2.32. The van der Waals surface area contributed by atoms with E-state index in [1.807, 2.05) is 20.8 Å². The van der Waals surface area contributed by atoms with E-state index >= 15 is 0 Å². The Balaban J connectivity index is 3.00. The standard InChI is InChI=1S/C10H13BrN2O/c1-4-9(14)13-10-7(3)6(2)8(11)5-12-10/h5H,4H2,1-3H3,(H,12,13,14). The number of anilines is 1. The number of pyridine rings is 1. The summed E-state index contributed by atoms with van der Waals surface area (Å²) in [4.78, 5) is 15.3. The van der Waals surface area contributed by atoms with Crippen LogP contribution in [-0.4, -0.2) is 10.9 Å². The number of carbonyl (C=O) groups is 1. The first-order chi connectivity index (χ1) is 6.56. The van der Waals surface area contributed by atoms with Crippen LogP contribution in [0.1, 0.15) is 24.5 Å². The van der Waals surface area contributed by atoms with Gasteiger partial charge in [-0.15, -0.1) is 0 Å². The van der Waals surface area contributed by atoms with Gasteiger partial charge in [-0.05, 0) is 40.9 Å². The summed E-state index contributed by atoms with van der Waals surface area (Å²) in [7, 11) is 0. The van der Waals surface area contributed by atoms with Crippen molar-refractivity contribution in [3.8, 4) is 0 Å². The Bertz CT molecular complexity index is 363. The molecule has 0 saturated heterocycles. The monoisotopic (exact) mass is 256 g/mol. The Morgan fingerprint density at radius 1 is 1.50 bits per heavy atom. The fourth-order valence-corrected chi connectivity index (χ4v) is 1.42. The van der Waals surface area contributed by atoms with E-state index in [2.05, 4.69) is 26.2 Å². The fraction of sp³-hybridized carbons (Fsp3) is 0.400. The molecule has 1 heterocycles. The minimum Gasteiger partial charge on any atom is -0.310 e. The smallest absolute Gasteiger partial charge is 0.225 e. The third-order valence-electron chi connectivity index (χ3n) is 2.16. The van der Waals surface area contributed by atoms with Crippen LogP contribution in [0.3, 0.4) is 0 Å². The third-order valence-corrected chi connectivity index (χ3v) is 2.96. The lowest BCUT2D eigenvalue weighted by atomic mass is 10.1. The van der Waals surface area contributed by atoms with Gasteiger partial charge in [-0.1, -0.05) is 6.92 Å². The highest BCUT2D eigenvalue weighted by atomic mass is 79.9. The molecule has 3 nitrogen and oxygen atoms in total. The maximum absolute atomic E-state index is 11.2. The molecule has 0 bridgehead atoms. The molecule has 1 rings (SSSR count). The van der Waals surface area contributed by atoms with Crippen LogP contribution in [0.5, 0.6) is 0 Å². The number of amides is 1. The molecule has 0 unspecified atom stereocenters. The van der Waals surface area contributed by atoms with Gasteiger partial charge in [-0.2, -0.15) is 0 Å². The molecule has 1 aromatic rings. The SMILES string of the molecule is CCC(=O)Nc1ncc(Br)c(C)c1C. The number of aromatic nitrogens is 1. The number of rotatable bonds is 2. The molecule has 76 valence electrons. The second-order valence-electron chi connectivity index (χ2n) is 3.11. The largest absolute Gasteiger partial charge is 0.310 e. The van der Waals surface area contributed by atoms with Crippen LogP contribution in [0.15, 0.2) is 10.7 Å². The van der Waals surface area contributed by atoms with E-state index in [1.54, 1.807) is 6.20 Å². The normalized spacial score (nSPS) is 10.0. The molecule has 0 fully saturated rings. The first-order valence-electron chi connectivity index (χ1n) is 4.47. The Morgan fingerprint density at radius 2 is 2.14 bits per heavy atom. The zero-order chi connectivity index (χ0) is 10.7. The van der Waals surface area contributed by atoms with E-state index in [1.165, 1.54) is 0 Å². The average Bonchev–Trinajstić information content (AvgIpc) is 2.19. The molecule has 4 heteroatoms. The van der Waals surface area contributed by atoms with Crippen LogP contribution < -0.4 is 5.32 Å². The molecule has 0 aliphatic carbocycles. The Labute approximate surface area is 92.1 Å². The summed E-state index contributed by atoms with van der Waals surface area (Å²) in [5.41, 5.74) is 2.10. The number of carbonyl (C=O) groups excluding carboxylic acids is 1. The second-order valence-corrected chi connectivity index (χ2v) is 3.96. The number of hydrogen-bond donors (Lipinski definition) is 1. The zero-order valence-corrected chi connectivity index (χ0v) is 10.1. The molecule has 14 heavy (non-hydrogen) atoms. The van der Waals surface area contributed by atoms with Crippen LogP contribution in [0.4, 0.5) is 5.82 Å². The van der Waals surface area contributed by atoms with Gasteiger partial charge in [0.25, 0.3) is 0 Å². The van der Waals surface area contributed by atoms with E-state index < -0.39 is 0 Å². The van der Waals surface area contributed by atoms with Gasteiger partial charge >= 0.3 is 0 Å². The number of nitrogens with zero attached hydrogens (tertiary/aromatic N) is 1. The highest BCUT2D eigenvalue weighted by molar-refractivity contribution is 9.10. The van der Waals surface area contributed by atoms with Gasteiger partial charge in [0.1, 0.15) is 5.82 Å². The lowest BCUT2D eigenvalue weighted by Crippen LogP contribution is -2.12. The lowest BCUT2D eigenvalue weighted by molar-refractivity contribution is -0.115. The van der Waals surface area contributed by atoms with E-state index in [0.29, 0.717) is 12.2 Å². The summed E-state index contributed by atoms with van der Waals surface area (Å²) in [5.74, 6) is 0.639. The van der Waals surface area contributed by atoms with Crippen molar-refractivity contribution in [1.29, 1.82) is 0 Å². The van der Waals surface area contributed by atoms with Crippen LogP contribution in [0.25, 0.3) is 0 Å². The molecule has 0 aliphatic heterocycles. The predicted molar refractivity (Wildman–Crippen MR) is 60.3 cm³/mol. The maximum Gasteiger partial charge on any atom is 0.225 e. The summed E-state index contributed by atoms with van der Waals surface area (Å²) in [6, 6.07) is 0. The molecule has 1 N–H and O–H groups in total. The van der Waals surface area contributed by atoms with Gasteiger partial charge in [0.2, 0.25) is 5.91 Å². The Morgan fingerprint density at radius 3 is 2.71 bits per heavy atom. The van der Waals surface area contributed by atoms with Crippen molar-refractivity contribution in [1.82, 2.24) is 4.98 Å². The molecule has 0 spiro atoms. The van der Waals surface area contributed by atoms with Crippen molar-refractivity contribution in [3.63, 3.8) is 0 Å². The summed E-state index contributed by atoms with van der Waals surface area (Å²) in [6.45, 7) is 5.75. The summed E-state index contributed by atoms with van der Waals surface area (Å²) < 4.78 is 0.962. The van der Waals surface area contributed by atoms with E-state index in [0.717, 1.165) is 15.6 Å². The molecular formula is C10H13BrN2O. The van der Waals surface area contributed by atoms with Crippen LogP contribution in [-0.2, 0) is 4.79 Å². The Hall–Kier alpha value is -0.900. The van der Waals surface area contributed by atoms with Crippen molar-refractivity contribution in [3.05, 3.63) is 21.8 Å². The van der Waals surface area contributed by atoms with Crippen molar-refractivity contribution >= 4 is 27.7 Å². The minimum atomic E-state index is -0.0117. The number of nitrogens with one attached hydrogen (secondary N) is 1. The fourth-order valence-electron chi connectivity index (χ4n) is 1.02. The molecule has 0 aromatic carbocycles. The van der Waals surface area contributed by atoms with Crippen molar-refractivity contribution in [2.24, 2.45) is 0 Å². The molecule has 0 radical (unpaired) electrons. The van der Waals surface area contributed by atoms with E-state index in [-0.39, 0.29) is 5.91 Å². The van der Waals surface area contributed by atoms with Gasteiger partial charge in [-0.25, -0.2) is 4.98 Å². The molecule has 0 aliphatic rings. The molecule has 1 aromatic heterocycles. The minimum absolute atomic E-state index is 0.0117. The number of hydrogen-bond acceptors (Lipinski definition) is 2. The summed E-state index contributed by atoms with van der Waals surface area (Å²) in [6.07, 6.45) is 2.17. The highest BCUT2D eigenvalue weighted by Crippen LogP contribution is 2.23. The second kappa shape index (κ2) is 4.55. The average molecular weight is 257 g/mol. The predicted octanol–water partition coefficient (Wildman–Crippen LogP) is 2.81. The zero-order valence-electron chi connectivity index (χ0n) is 8.52. The van der Waals surface area contributed by atoms with Crippen molar-refractivity contribution in [2.45, 2.75) is 27.2 Å². The Kier molecular flexibility index (Phi) is 3.63. The van der Waals surface area contributed by atoms with Gasteiger partial charge < -0.3 is 5.32 Å². The highest BCUT2D eigenvalue weighted by Gasteiger charge is 2.07. The molecule has 0 atom stereocenters. The molecule has 1 amide bonds. The van der Waals surface area contributed by atoms with Gasteiger partial charge in [0.05, 0.1) is 0 Å².